The van der Waals surface area contributed by atoms with Gasteiger partial charge in [-0.3, -0.25) is 0 Å². The highest BCUT2D eigenvalue weighted by molar-refractivity contribution is 5.89. The SMILES string of the molecule is CCC1OCCC1c1nc(-c2cccc(C(=O)O)c2)no1. The summed E-state index contributed by atoms with van der Waals surface area (Å²) in [6.45, 7) is 2.77. The van der Waals surface area contributed by atoms with Crippen molar-refractivity contribution in [2.75, 3.05) is 6.61 Å². The molecule has 1 saturated heterocycles. The highest BCUT2D eigenvalue weighted by Gasteiger charge is 2.32. The van der Waals surface area contributed by atoms with Gasteiger partial charge in [-0.25, -0.2) is 4.79 Å². The lowest BCUT2D eigenvalue weighted by Crippen LogP contribution is -2.13. The number of hydrogen-bond donors (Lipinski definition) is 1. The van der Waals surface area contributed by atoms with E-state index >= 15 is 0 Å². The monoisotopic (exact) mass is 288 g/mol. The fourth-order valence-electron chi connectivity index (χ4n) is 2.63. The maximum Gasteiger partial charge on any atom is 0.335 e. The molecule has 2 unspecified atom stereocenters. The van der Waals surface area contributed by atoms with Gasteiger partial charge in [0.2, 0.25) is 11.7 Å². The standard InChI is InChI=1S/C15H16N2O4/c1-2-12-11(6-7-20-12)14-16-13(17-21-14)9-4-3-5-10(8-9)15(18)19/h3-5,8,11-12H,2,6-7H2,1H3,(H,18,19). The van der Waals surface area contributed by atoms with E-state index in [0.29, 0.717) is 23.9 Å². The zero-order chi connectivity index (χ0) is 14.8. The van der Waals surface area contributed by atoms with Crippen molar-refractivity contribution in [2.45, 2.75) is 31.8 Å². The average molecular weight is 288 g/mol. The number of nitrogens with zero attached hydrogens (tertiary/aromatic N) is 2. The Morgan fingerprint density at radius 2 is 2.33 bits per heavy atom. The van der Waals surface area contributed by atoms with E-state index in [2.05, 4.69) is 17.1 Å². The number of hydrogen-bond acceptors (Lipinski definition) is 5. The summed E-state index contributed by atoms with van der Waals surface area (Å²) >= 11 is 0. The van der Waals surface area contributed by atoms with Crippen molar-refractivity contribution >= 4 is 5.97 Å². The van der Waals surface area contributed by atoms with Crippen molar-refractivity contribution < 1.29 is 19.2 Å². The van der Waals surface area contributed by atoms with Crippen LogP contribution in [0.15, 0.2) is 28.8 Å². The number of carboxylic acid groups (broad SMARTS) is 1. The fourth-order valence-corrected chi connectivity index (χ4v) is 2.63. The van der Waals surface area contributed by atoms with Crippen LogP contribution in [-0.2, 0) is 4.74 Å². The molecule has 1 aliphatic heterocycles. The summed E-state index contributed by atoms with van der Waals surface area (Å²) in [5.74, 6) is 0.125. The van der Waals surface area contributed by atoms with E-state index in [1.165, 1.54) is 6.07 Å². The first-order valence-electron chi connectivity index (χ1n) is 6.98. The zero-order valence-corrected chi connectivity index (χ0v) is 11.7. The summed E-state index contributed by atoms with van der Waals surface area (Å²) < 4.78 is 11.0. The molecule has 6 heteroatoms. The summed E-state index contributed by atoms with van der Waals surface area (Å²) in [4.78, 5) is 15.4. The lowest BCUT2D eigenvalue weighted by molar-refractivity contribution is 0.0697. The van der Waals surface area contributed by atoms with Gasteiger partial charge in [0, 0.05) is 12.2 Å². The Morgan fingerprint density at radius 3 is 3.10 bits per heavy atom. The van der Waals surface area contributed by atoms with Crippen molar-refractivity contribution in [1.82, 2.24) is 10.1 Å². The number of rotatable bonds is 4. The molecule has 2 aromatic rings. The average Bonchev–Trinajstić information content (AvgIpc) is 3.15. The molecule has 0 radical (unpaired) electrons. The molecule has 1 aromatic heterocycles. The van der Waals surface area contributed by atoms with Crippen LogP contribution in [0.25, 0.3) is 11.4 Å². The summed E-state index contributed by atoms with van der Waals surface area (Å²) in [5.41, 5.74) is 0.839. The predicted molar refractivity (Wildman–Crippen MR) is 74.1 cm³/mol. The van der Waals surface area contributed by atoms with E-state index in [4.69, 9.17) is 14.4 Å². The lowest BCUT2D eigenvalue weighted by Gasteiger charge is -2.11. The van der Waals surface area contributed by atoms with E-state index in [1.807, 2.05) is 0 Å². The van der Waals surface area contributed by atoms with Crippen molar-refractivity contribution in [3.05, 3.63) is 35.7 Å². The van der Waals surface area contributed by atoms with E-state index < -0.39 is 5.97 Å². The Bertz CT molecular complexity index is 653. The molecule has 3 rings (SSSR count). The van der Waals surface area contributed by atoms with Crippen LogP contribution in [-0.4, -0.2) is 33.9 Å². The molecule has 21 heavy (non-hydrogen) atoms. The first-order valence-corrected chi connectivity index (χ1v) is 6.98. The van der Waals surface area contributed by atoms with Crippen LogP contribution < -0.4 is 0 Å². The van der Waals surface area contributed by atoms with Crippen LogP contribution in [0.1, 0.15) is 41.9 Å². The molecular weight excluding hydrogens is 272 g/mol. The van der Waals surface area contributed by atoms with E-state index in [9.17, 15) is 4.79 Å². The van der Waals surface area contributed by atoms with Gasteiger partial charge >= 0.3 is 5.97 Å². The van der Waals surface area contributed by atoms with Crippen molar-refractivity contribution in [1.29, 1.82) is 0 Å². The van der Waals surface area contributed by atoms with Gasteiger partial charge in [0.05, 0.1) is 17.6 Å². The molecule has 0 amide bonds. The predicted octanol–water partition coefficient (Wildman–Crippen LogP) is 2.72. The number of aromatic nitrogens is 2. The highest BCUT2D eigenvalue weighted by atomic mass is 16.5. The van der Waals surface area contributed by atoms with E-state index in [0.717, 1.165) is 12.8 Å². The van der Waals surface area contributed by atoms with Crippen LogP contribution in [0.5, 0.6) is 0 Å². The molecule has 1 aliphatic rings. The molecular formula is C15H16N2O4. The van der Waals surface area contributed by atoms with Crippen molar-refractivity contribution in [2.24, 2.45) is 0 Å². The van der Waals surface area contributed by atoms with Crippen molar-refractivity contribution in [3.8, 4) is 11.4 Å². The maximum absolute atomic E-state index is 11.0. The number of benzene rings is 1. The Balaban J connectivity index is 1.88. The van der Waals surface area contributed by atoms with E-state index in [-0.39, 0.29) is 17.6 Å². The largest absolute Gasteiger partial charge is 0.478 e. The Kier molecular flexibility index (Phi) is 3.70. The smallest absolute Gasteiger partial charge is 0.335 e. The maximum atomic E-state index is 11.0. The molecule has 1 fully saturated rings. The van der Waals surface area contributed by atoms with Gasteiger partial charge in [-0.1, -0.05) is 24.2 Å². The third-order valence-electron chi connectivity index (χ3n) is 3.74. The summed E-state index contributed by atoms with van der Waals surface area (Å²) in [6, 6.07) is 6.51. The molecule has 2 atom stereocenters. The highest BCUT2D eigenvalue weighted by Crippen LogP contribution is 2.33. The normalized spacial score (nSPS) is 21.6. The molecule has 1 aromatic carbocycles. The topological polar surface area (TPSA) is 85.5 Å². The summed E-state index contributed by atoms with van der Waals surface area (Å²) in [7, 11) is 0. The van der Waals surface area contributed by atoms with E-state index in [1.54, 1.807) is 18.2 Å². The van der Waals surface area contributed by atoms with Gasteiger partial charge in [-0.2, -0.15) is 4.98 Å². The van der Waals surface area contributed by atoms with Crippen molar-refractivity contribution in [3.63, 3.8) is 0 Å². The molecule has 0 aliphatic carbocycles. The van der Waals surface area contributed by atoms with Crippen LogP contribution in [0.2, 0.25) is 0 Å². The first kappa shape index (κ1) is 13.8. The van der Waals surface area contributed by atoms with Gasteiger partial charge in [-0.05, 0) is 25.0 Å². The third kappa shape index (κ3) is 2.67. The van der Waals surface area contributed by atoms with Crippen LogP contribution in [0.3, 0.4) is 0 Å². The van der Waals surface area contributed by atoms with Gasteiger partial charge in [-0.15, -0.1) is 0 Å². The summed E-state index contributed by atoms with van der Waals surface area (Å²) in [6.07, 6.45) is 1.88. The molecule has 0 saturated carbocycles. The van der Waals surface area contributed by atoms with Crippen LogP contribution >= 0.6 is 0 Å². The minimum absolute atomic E-state index is 0.114. The van der Waals surface area contributed by atoms with Gasteiger partial charge in [0.25, 0.3) is 0 Å². The Labute approximate surface area is 121 Å². The number of aromatic carboxylic acids is 1. The lowest BCUT2D eigenvalue weighted by atomic mass is 10.00. The molecule has 0 bridgehead atoms. The number of ether oxygens (including phenoxy) is 1. The first-order chi connectivity index (χ1) is 10.2. The molecule has 0 spiro atoms. The third-order valence-corrected chi connectivity index (χ3v) is 3.74. The quantitative estimate of drug-likeness (QED) is 0.931. The Hall–Kier alpha value is -2.21. The molecule has 2 heterocycles. The van der Waals surface area contributed by atoms with Gasteiger partial charge in [0.1, 0.15) is 0 Å². The molecule has 6 nitrogen and oxygen atoms in total. The second-order valence-corrected chi connectivity index (χ2v) is 5.05. The van der Waals surface area contributed by atoms with Crippen LogP contribution in [0.4, 0.5) is 0 Å². The second kappa shape index (κ2) is 5.65. The van der Waals surface area contributed by atoms with Crippen LogP contribution in [0, 0.1) is 0 Å². The summed E-state index contributed by atoms with van der Waals surface area (Å²) in [5, 5.41) is 13.0. The number of carboxylic acids is 1. The minimum Gasteiger partial charge on any atom is -0.478 e. The fraction of sp³-hybridized carbons (Fsp3) is 0.400. The van der Waals surface area contributed by atoms with Gasteiger partial charge < -0.3 is 14.4 Å². The molecule has 110 valence electrons. The zero-order valence-electron chi connectivity index (χ0n) is 11.7. The number of carbonyl (C=O) groups is 1. The van der Waals surface area contributed by atoms with Gasteiger partial charge in [0.15, 0.2) is 0 Å². The second-order valence-electron chi connectivity index (χ2n) is 5.05. The molecule has 1 N–H and O–H groups in total. The Morgan fingerprint density at radius 1 is 1.48 bits per heavy atom. The minimum atomic E-state index is -0.976.